The lowest BCUT2D eigenvalue weighted by molar-refractivity contribution is 1.07. The number of hydrogen-bond donors (Lipinski definition) is 0. The summed E-state index contributed by atoms with van der Waals surface area (Å²) in [6.07, 6.45) is 1.10. The summed E-state index contributed by atoms with van der Waals surface area (Å²) in [4.78, 5) is 21.1. The summed E-state index contributed by atoms with van der Waals surface area (Å²) in [5.41, 5.74) is 16.9. The van der Waals surface area contributed by atoms with Crippen molar-refractivity contribution < 1.29 is 0 Å². The monoisotopic (exact) mass is 882 g/mol. The third-order valence-electron chi connectivity index (χ3n) is 13.3. The maximum absolute atomic E-state index is 5.30. The van der Waals surface area contributed by atoms with Crippen LogP contribution in [0.1, 0.15) is 11.1 Å². The smallest absolute Gasteiger partial charge is 0.138 e. The van der Waals surface area contributed by atoms with Crippen LogP contribution < -0.4 is 0 Å². The summed E-state index contributed by atoms with van der Waals surface area (Å²) < 4.78 is 4.47. The van der Waals surface area contributed by atoms with Gasteiger partial charge in [-0.25, -0.2) is 19.9 Å². The van der Waals surface area contributed by atoms with Crippen LogP contribution in [0.2, 0.25) is 0 Å². The predicted molar refractivity (Wildman–Crippen MR) is 283 cm³/mol. The van der Waals surface area contributed by atoms with E-state index in [1.54, 1.807) is 0 Å². The minimum atomic E-state index is 0.732. The van der Waals surface area contributed by atoms with E-state index in [-0.39, 0.29) is 0 Å². The van der Waals surface area contributed by atoms with Crippen LogP contribution in [-0.2, 0) is 6.42 Å². The van der Waals surface area contributed by atoms with Crippen molar-refractivity contribution in [2.24, 2.45) is 0 Å². The predicted octanol–water partition coefficient (Wildman–Crippen LogP) is 15.4. The van der Waals surface area contributed by atoms with Crippen LogP contribution in [0.4, 0.5) is 0 Å². The third kappa shape index (κ3) is 7.14. The van der Waals surface area contributed by atoms with E-state index < -0.39 is 0 Å². The Kier molecular flexibility index (Phi) is 9.79. The normalized spacial score (nSPS) is 11.7. The molecule has 0 amide bonds. The average Bonchev–Trinajstić information content (AvgIpc) is 4.09. The zero-order chi connectivity index (χ0) is 45.7. The fourth-order valence-corrected chi connectivity index (χ4v) is 10.1. The molecular weight excluding hydrogens is 841 g/mol. The van der Waals surface area contributed by atoms with E-state index >= 15 is 0 Å². The molecule has 0 fully saturated rings. The fourth-order valence-electron chi connectivity index (χ4n) is 10.1. The average molecular weight is 883 g/mol. The van der Waals surface area contributed by atoms with Crippen LogP contribution >= 0.6 is 0 Å². The molecule has 14 rings (SSSR count). The van der Waals surface area contributed by atoms with Crippen LogP contribution in [0.25, 0.3) is 112 Å². The number of aromatic nitrogens is 6. The molecule has 0 spiro atoms. The minimum absolute atomic E-state index is 0.732. The molecule has 7 aromatic carbocycles. The molecule has 0 N–H and O–H groups in total. The van der Waals surface area contributed by atoms with Gasteiger partial charge in [-0.1, -0.05) is 170 Å². The molecule has 0 bridgehead atoms. The topological polar surface area (TPSA) is 61.4 Å². The highest BCUT2D eigenvalue weighted by molar-refractivity contribution is 6.10. The van der Waals surface area contributed by atoms with Gasteiger partial charge in [0.15, 0.2) is 0 Å². The van der Waals surface area contributed by atoms with Gasteiger partial charge in [-0.3, -0.25) is 9.13 Å². The maximum atomic E-state index is 5.30. The lowest BCUT2D eigenvalue weighted by Gasteiger charge is -2.13. The van der Waals surface area contributed by atoms with Crippen molar-refractivity contribution in [1.82, 2.24) is 29.1 Å². The van der Waals surface area contributed by atoms with Crippen LogP contribution in [0.5, 0.6) is 0 Å². The van der Waals surface area contributed by atoms with E-state index in [1.807, 2.05) is 30.3 Å². The molecule has 0 saturated carbocycles. The van der Waals surface area contributed by atoms with Gasteiger partial charge in [-0.2, -0.15) is 0 Å². The van der Waals surface area contributed by atoms with Crippen molar-refractivity contribution in [3.63, 3.8) is 0 Å². The van der Waals surface area contributed by atoms with Gasteiger partial charge in [0.25, 0.3) is 0 Å². The van der Waals surface area contributed by atoms with Crippen molar-refractivity contribution in [2.75, 3.05) is 0 Å². The highest BCUT2D eigenvalue weighted by Crippen LogP contribution is 2.37. The standard InChI is InChI=1S/C50H32N6.C13H10/c1-2-15-33(16-3-1)39-21-12-22-40(51-39)34-31-43(41-23-13-29-49(53-41)55-45-25-8-4-17-35(45)36-18-5-9-26-46(36)55)52-44(32-34)42-24-14-30-50(54-42)56-47-27-10-6-19-37(47)38-20-7-11-28-48(38)56;1-3-7-12-10(5-1)9-11-6-2-4-8-13(11)12/h1-32H;1-8H,9H2. The highest BCUT2D eigenvalue weighted by Gasteiger charge is 2.19. The Labute approximate surface area is 399 Å². The van der Waals surface area contributed by atoms with Gasteiger partial charge in [-0.15, -0.1) is 0 Å². The largest absolute Gasteiger partial charge is 0.294 e. The Balaban J connectivity index is 0.000000309. The van der Waals surface area contributed by atoms with Crippen LogP contribution in [0.15, 0.2) is 243 Å². The Hall–Kier alpha value is -9.26. The molecule has 0 unspecified atom stereocenters. The van der Waals surface area contributed by atoms with E-state index in [2.05, 4.69) is 221 Å². The fraction of sp³-hybridized carbons (Fsp3) is 0.0159. The van der Waals surface area contributed by atoms with Gasteiger partial charge >= 0.3 is 0 Å². The summed E-state index contributed by atoms with van der Waals surface area (Å²) >= 11 is 0. The number of benzene rings is 7. The van der Waals surface area contributed by atoms with E-state index in [4.69, 9.17) is 19.9 Å². The van der Waals surface area contributed by atoms with Gasteiger partial charge in [-0.05, 0) is 101 Å². The van der Waals surface area contributed by atoms with Crippen LogP contribution in [0, 0.1) is 0 Å². The number of hydrogen-bond acceptors (Lipinski definition) is 4. The van der Waals surface area contributed by atoms with Gasteiger partial charge in [0, 0.05) is 32.7 Å². The minimum Gasteiger partial charge on any atom is -0.294 e. The lowest BCUT2D eigenvalue weighted by Crippen LogP contribution is -2.01. The number of pyridine rings is 4. The highest BCUT2D eigenvalue weighted by atomic mass is 15.1. The molecule has 6 heteroatoms. The number of fused-ring (bicyclic) bond motifs is 9. The summed E-state index contributed by atoms with van der Waals surface area (Å²) in [5.74, 6) is 1.65. The second-order valence-corrected chi connectivity index (χ2v) is 17.4. The summed E-state index contributed by atoms with van der Waals surface area (Å²) in [6, 6.07) is 84.2. The van der Waals surface area contributed by atoms with Crippen molar-refractivity contribution >= 4 is 43.6 Å². The molecule has 6 nitrogen and oxygen atoms in total. The second-order valence-electron chi connectivity index (χ2n) is 17.4. The first-order chi connectivity index (χ1) is 34.2. The van der Waals surface area contributed by atoms with Crippen molar-refractivity contribution in [2.45, 2.75) is 6.42 Å². The molecule has 13 aromatic rings. The lowest BCUT2D eigenvalue weighted by atomic mass is 10.1. The number of para-hydroxylation sites is 4. The molecular formula is C63H42N6. The van der Waals surface area contributed by atoms with E-state index in [0.29, 0.717) is 0 Å². The van der Waals surface area contributed by atoms with Gasteiger partial charge in [0.2, 0.25) is 0 Å². The SMILES string of the molecule is c1ccc(-c2cccc(-c3cc(-c4cccc(-n5c6ccccc6c6ccccc65)n4)nc(-c4cccc(-n5c6ccccc6c6ccccc65)n4)c3)n2)cc1.c1ccc2c(c1)Cc1ccccc1-2. The molecule has 0 aliphatic heterocycles. The molecule has 1 aliphatic carbocycles. The molecule has 0 saturated heterocycles. The first-order valence-corrected chi connectivity index (χ1v) is 23.3. The first kappa shape index (κ1) is 40.1. The maximum Gasteiger partial charge on any atom is 0.138 e. The molecule has 324 valence electrons. The Morgan fingerprint density at radius 1 is 0.261 bits per heavy atom. The van der Waals surface area contributed by atoms with E-state index in [9.17, 15) is 0 Å². The molecule has 6 heterocycles. The van der Waals surface area contributed by atoms with Crippen molar-refractivity contribution in [1.29, 1.82) is 0 Å². The second kappa shape index (κ2) is 16.9. The molecule has 69 heavy (non-hydrogen) atoms. The molecule has 1 aliphatic rings. The van der Waals surface area contributed by atoms with Crippen molar-refractivity contribution in [3.05, 3.63) is 254 Å². The van der Waals surface area contributed by atoms with E-state index in [0.717, 1.165) is 85.4 Å². The number of rotatable bonds is 6. The van der Waals surface area contributed by atoms with Gasteiger partial charge in [0.05, 0.1) is 56.2 Å². The van der Waals surface area contributed by atoms with Crippen LogP contribution in [-0.4, -0.2) is 29.1 Å². The quantitative estimate of drug-likeness (QED) is 0.167. The Morgan fingerprint density at radius 3 is 1.10 bits per heavy atom. The Bertz CT molecular complexity index is 3750. The zero-order valence-corrected chi connectivity index (χ0v) is 37.5. The summed E-state index contributed by atoms with van der Waals surface area (Å²) in [7, 11) is 0. The molecule has 0 radical (unpaired) electrons. The Morgan fingerprint density at radius 2 is 0.623 bits per heavy atom. The zero-order valence-electron chi connectivity index (χ0n) is 37.5. The first-order valence-electron chi connectivity index (χ1n) is 23.3. The molecule has 0 atom stereocenters. The van der Waals surface area contributed by atoms with E-state index in [1.165, 1.54) is 43.8 Å². The third-order valence-corrected chi connectivity index (χ3v) is 13.3. The number of nitrogens with zero attached hydrogens (tertiary/aromatic N) is 6. The summed E-state index contributed by atoms with van der Waals surface area (Å²) in [6.45, 7) is 0. The van der Waals surface area contributed by atoms with Gasteiger partial charge < -0.3 is 0 Å². The summed E-state index contributed by atoms with van der Waals surface area (Å²) in [5, 5.41) is 4.76. The molecule has 6 aromatic heterocycles. The van der Waals surface area contributed by atoms with Gasteiger partial charge in [0.1, 0.15) is 11.6 Å². The van der Waals surface area contributed by atoms with Crippen molar-refractivity contribution in [3.8, 4) is 68.1 Å². The van der Waals surface area contributed by atoms with Crippen LogP contribution in [0.3, 0.4) is 0 Å².